The van der Waals surface area contributed by atoms with Gasteiger partial charge in [0.2, 0.25) is 0 Å². The third-order valence-electron chi connectivity index (χ3n) is 12.4. The van der Waals surface area contributed by atoms with Crippen molar-refractivity contribution in [3.63, 3.8) is 0 Å². The molecule has 0 aromatic carbocycles. The van der Waals surface area contributed by atoms with Gasteiger partial charge in [-0.15, -0.1) is 0 Å². The lowest BCUT2D eigenvalue weighted by molar-refractivity contribution is -0.167. The zero-order chi connectivity index (χ0) is 46.5. The monoisotopic (exact) mass is 899 g/mol. The maximum atomic E-state index is 12.8. The van der Waals surface area contributed by atoms with Crippen molar-refractivity contribution in [3.05, 3.63) is 36.5 Å². The van der Waals surface area contributed by atoms with E-state index in [1.165, 1.54) is 180 Å². The molecule has 0 saturated carbocycles. The highest BCUT2D eigenvalue weighted by molar-refractivity contribution is 5.71. The highest BCUT2D eigenvalue weighted by Gasteiger charge is 2.19. The molecule has 0 fully saturated rings. The molecule has 374 valence electrons. The Balaban J connectivity index is 4.31. The molecule has 0 bridgehead atoms. The summed E-state index contributed by atoms with van der Waals surface area (Å²) in [6, 6.07) is 0. The van der Waals surface area contributed by atoms with Crippen molar-refractivity contribution in [2.45, 2.75) is 303 Å². The molecular formula is C58H106O6. The first-order valence-electron chi connectivity index (χ1n) is 28.0. The zero-order valence-electron chi connectivity index (χ0n) is 42.8. The van der Waals surface area contributed by atoms with Crippen LogP contribution in [0.15, 0.2) is 36.5 Å². The Morgan fingerprint density at radius 2 is 0.609 bits per heavy atom. The van der Waals surface area contributed by atoms with Crippen LogP contribution in [0.25, 0.3) is 0 Å². The molecule has 0 spiro atoms. The van der Waals surface area contributed by atoms with Gasteiger partial charge in [-0.1, -0.05) is 263 Å². The van der Waals surface area contributed by atoms with Crippen LogP contribution in [0.1, 0.15) is 297 Å². The molecule has 0 aromatic rings. The van der Waals surface area contributed by atoms with Gasteiger partial charge in [-0.2, -0.15) is 0 Å². The molecule has 0 aliphatic carbocycles. The van der Waals surface area contributed by atoms with Gasteiger partial charge in [-0.25, -0.2) is 0 Å². The lowest BCUT2D eigenvalue weighted by Gasteiger charge is -2.18. The third kappa shape index (κ3) is 50.6. The molecule has 0 aromatic heterocycles. The number of unbranched alkanes of at least 4 members (excludes halogenated alkanes) is 34. The van der Waals surface area contributed by atoms with Gasteiger partial charge in [0, 0.05) is 19.3 Å². The average Bonchev–Trinajstić information content (AvgIpc) is 3.29. The van der Waals surface area contributed by atoms with Crippen molar-refractivity contribution in [2.24, 2.45) is 0 Å². The van der Waals surface area contributed by atoms with E-state index in [2.05, 4.69) is 57.2 Å². The fourth-order valence-corrected chi connectivity index (χ4v) is 8.22. The number of hydrogen-bond donors (Lipinski definition) is 0. The van der Waals surface area contributed by atoms with Crippen LogP contribution >= 0.6 is 0 Å². The minimum atomic E-state index is -0.769. The molecule has 64 heavy (non-hydrogen) atoms. The molecule has 1 atom stereocenters. The first-order chi connectivity index (χ1) is 31.5. The summed E-state index contributed by atoms with van der Waals surface area (Å²) in [7, 11) is 0. The molecule has 0 aliphatic heterocycles. The van der Waals surface area contributed by atoms with E-state index < -0.39 is 6.10 Å². The summed E-state index contributed by atoms with van der Waals surface area (Å²) in [5.41, 5.74) is 0. The normalized spacial score (nSPS) is 12.2. The number of rotatable bonds is 51. The maximum absolute atomic E-state index is 12.8. The number of hydrogen-bond acceptors (Lipinski definition) is 6. The Labute approximate surface area is 397 Å². The summed E-state index contributed by atoms with van der Waals surface area (Å²) in [6.07, 6.45) is 62.7. The predicted molar refractivity (Wildman–Crippen MR) is 275 cm³/mol. The van der Waals surface area contributed by atoms with Crippen molar-refractivity contribution in [1.82, 2.24) is 0 Å². The average molecular weight is 899 g/mol. The van der Waals surface area contributed by atoms with Gasteiger partial charge < -0.3 is 14.2 Å². The Morgan fingerprint density at radius 1 is 0.328 bits per heavy atom. The Hall–Kier alpha value is -2.37. The summed E-state index contributed by atoms with van der Waals surface area (Å²) in [6.45, 7) is 6.56. The lowest BCUT2D eigenvalue weighted by atomic mass is 10.0. The molecule has 0 rings (SSSR count). The van der Waals surface area contributed by atoms with Crippen LogP contribution in [-0.4, -0.2) is 37.2 Å². The van der Waals surface area contributed by atoms with Crippen molar-refractivity contribution >= 4 is 17.9 Å². The molecule has 6 nitrogen and oxygen atoms in total. The molecular weight excluding hydrogens is 793 g/mol. The summed E-state index contributed by atoms with van der Waals surface area (Å²) in [4.78, 5) is 38.1. The van der Waals surface area contributed by atoms with Crippen LogP contribution in [0, 0.1) is 0 Å². The van der Waals surface area contributed by atoms with Crippen LogP contribution in [0.3, 0.4) is 0 Å². The summed E-state index contributed by atoms with van der Waals surface area (Å²) < 4.78 is 16.9. The topological polar surface area (TPSA) is 78.9 Å². The SMILES string of the molecule is CC/C=C\C/C=C\C/C=C\CCCCCCCCCCCC(=O)OCC(COC(=O)CCCCCCCCCCCCCCC)OC(=O)CCCCCCCCCCCCCCCC. The molecule has 1 unspecified atom stereocenters. The second kappa shape index (κ2) is 53.2. The number of carbonyl (C=O) groups excluding carboxylic acids is 3. The highest BCUT2D eigenvalue weighted by Crippen LogP contribution is 2.17. The standard InChI is InChI=1S/C58H106O6/c1-4-7-10-13-16-19-22-25-27-28-29-30-31-34-36-39-42-45-48-51-57(60)63-54-55(53-62-56(59)50-47-44-41-38-35-32-24-21-18-15-12-9-6-3)64-58(61)52-49-46-43-40-37-33-26-23-20-17-14-11-8-5-2/h7,10,16,19,25,27,55H,4-6,8-9,11-15,17-18,20-24,26,28-54H2,1-3H3/b10-7-,19-16-,27-25-. The second-order valence-corrected chi connectivity index (χ2v) is 18.8. The Kier molecular flexibility index (Phi) is 51.3. The van der Waals surface area contributed by atoms with Crippen LogP contribution < -0.4 is 0 Å². The second-order valence-electron chi connectivity index (χ2n) is 18.8. The number of esters is 3. The summed E-state index contributed by atoms with van der Waals surface area (Å²) >= 11 is 0. The van der Waals surface area contributed by atoms with Crippen LogP contribution in [0.4, 0.5) is 0 Å². The lowest BCUT2D eigenvalue weighted by Crippen LogP contribution is -2.30. The van der Waals surface area contributed by atoms with Gasteiger partial charge in [0.05, 0.1) is 0 Å². The van der Waals surface area contributed by atoms with E-state index in [1.54, 1.807) is 0 Å². The Bertz CT molecular complexity index is 1080. The van der Waals surface area contributed by atoms with Crippen molar-refractivity contribution in [2.75, 3.05) is 13.2 Å². The minimum absolute atomic E-state index is 0.0687. The Morgan fingerprint density at radius 3 is 0.953 bits per heavy atom. The fraction of sp³-hybridized carbons (Fsp3) is 0.845. The molecule has 0 aliphatic rings. The van der Waals surface area contributed by atoms with Crippen molar-refractivity contribution in [1.29, 1.82) is 0 Å². The molecule has 0 amide bonds. The third-order valence-corrected chi connectivity index (χ3v) is 12.4. The van der Waals surface area contributed by atoms with E-state index in [-0.39, 0.29) is 31.1 Å². The summed E-state index contributed by atoms with van der Waals surface area (Å²) in [5, 5.41) is 0. The largest absolute Gasteiger partial charge is 0.462 e. The van der Waals surface area contributed by atoms with E-state index in [9.17, 15) is 14.4 Å². The van der Waals surface area contributed by atoms with E-state index in [4.69, 9.17) is 14.2 Å². The van der Waals surface area contributed by atoms with Gasteiger partial charge in [0.1, 0.15) is 13.2 Å². The van der Waals surface area contributed by atoms with E-state index >= 15 is 0 Å². The molecule has 6 heteroatoms. The van der Waals surface area contributed by atoms with E-state index in [0.717, 1.165) is 77.0 Å². The van der Waals surface area contributed by atoms with Gasteiger partial charge in [0.25, 0.3) is 0 Å². The molecule has 0 saturated heterocycles. The molecule has 0 radical (unpaired) electrons. The van der Waals surface area contributed by atoms with Crippen molar-refractivity contribution in [3.8, 4) is 0 Å². The molecule has 0 heterocycles. The van der Waals surface area contributed by atoms with Gasteiger partial charge in [-0.05, 0) is 51.4 Å². The number of allylic oxidation sites excluding steroid dienone is 6. The minimum Gasteiger partial charge on any atom is -0.462 e. The van der Waals surface area contributed by atoms with Crippen LogP contribution in [0.5, 0.6) is 0 Å². The molecule has 0 N–H and O–H groups in total. The smallest absolute Gasteiger partial charge is 0.306 e. The van der Waals surface area contributed by atoms with Gasteiger partial charge in [0.15, 0.2) is 6.10 Å². The van der Waals surface area contributed by atoms with E-state index in [0.29, 0.717) is 19.3 Å². The first kappa shape index (κ1) is 61.6. The van der Waals surface area contributed by atoms with Gasteiger partial charge >= 0.3 is 17.9 Å². The first-order valence-corrected chi connectivity index (χ1v) is 28.0. The van der Waals surface area contributed by atoms with Gasteiger partial charge in [-0.3, -0.25) is 14.4 Å². The van der Waals surface area contributed by atoms with Crippen molar-refractivity contribution < 1.29 is 28.6 Å². The van der Waals surface area contributed by atoms with Crippen LogP contribution in [-0.2, 0) is 28.6 Å². The maximum Gasteiger partial charge on any atom is 0.306 e. The number of carbonyl (C=O) groups is 3. The predicted octanol–water partition coefficient (Wildman–Crippen LogP) is 18.5. The number of ether oxygens (including phenoxy) is 3. The quantitative estimate of drug-likeness (QED) is 0.0262. The fourth-order valence-electron chi connectivity index (χ4n) is 8.22. The highest BCUT2D eigenvalue weighted by atomic mass is 16.6. The zero-order valence-corrected chi connectivity index (χ0v) is 42.8. The summed E-state index contributed by atoms with van der Waals surface area (Å²) in [5.74, 6) is -0.857. The van der Waals surface area contributed by atoms with E-state index in [1.807, 2.05) is 0 Å². The van der Waals surface area contributed by atoms with Crippen LogP contribution in [0.2, 0.25) is 0 Å².